The Bertz CT molecular complexity index is 678. The summed E-state index contributed by atoms with van der Waals surface area (Å²) in [6.07, 6.45) is 48.6. The molecule has 1 aromatic carbocycles. The van der Waals surface area contributed by atoms with Crippen molar-refractivity contribution < 1.29 is 0 Å². The molecule has 0 heterocycles. The Hall–Kier alpha value is -1.34. The lowest BCUT2D eigenvalue weighted by molar-refractivity contribution is 0.252. The van der Waals surface area contributed by atoms with E-state index >= 15 is 0 Å². The molecule has 0 bridgehead atoms. The lowest BCUT2D eigenvalue weighted by Crippen LogP contribution is -2.25. The first-order valence-corrected chi connectivity index (χ1v) is 19.9. The van der Waals surface area contributed by atoms with E-state index in [4.69, 9.17) is 0 Å². The second kappa shape index (κ2) is 34.5. The van der Waals surface area contributed by atoms with Crippen LogP contribution in [0.5, 0.6) is 0 Å². The fourth-order valence-electron chi connectivity index (χ4n) is 6.28. The molecule has 1 rings (SSSR count). The largest absolute Gasteiger partial charge is 0.299 e. The van der Waals surface area contributed by atoms with E-state index in [0.29, 0.717) is 0 Å². The Morgan fingerprint density at radius 1 is 0.386 bits per heavy atom. The minimum absolute atomic E-state index is 1.12. The van der Waals surface area contributed by atoms with Gasteiger partial charge < -0.3 is 0 Å². The Morgan fingerprint density at radius 3 is 1.07 bits per heavy atom. The van der Waals surface area contributed by atoms with E-state index < -0.39 is 0 Å². The quantitative estimate of drug-likeness (QED) is 0.0556. The van der Waals surface area contributed by atoms with Crippen molar-refractivity contribution in [2.75, 3.05) is 13.1 Å². The zero-order chi connectivity index (χ0) is 31.4. The third kappa shape index (κ3) is 29.4. The van der Waals surface area contributed by atoms with Crippen LogP contribution in [-0.2, 0) is 6.54 Å². The standard InChI is InChI=1S/C43H77N/c1-3-5-7-9-11-13-15-17-19-21-23-25-27-29-31-36-40-44(42-43-38-34-33-35-39-43)41-37-32-30-28-26-24-22-20-18-16-14-12-10-8-6-4-2/h17-20,33-35,38-39H,3-16,21-32,36-37,40-42H2,1-2H3/b19-17-,20-18-. The summed E-state index contributed by atoms with van der Waals surface area (Å²) in [6, 6.07) is 11.1. The molecule has 1 nitrogen and oxygen atoms in total. The second-order valence-corrected chi connectivity index (χ2v) is 13.6. The van der Waals surface area contributed by atoms with E-state index in [9.17, 15) is 0 Å². The second-order valence-electron chi connectivity index (χ2n) is 13.6. The number of rotatable bonds is 34. The molecule has 0 unspecified atom stereocenters. The van der Waals surface area contributed by atoms with Gasteiger partial charge in [0.25, 0.3) is 0 Å². The van der Waals surface area contributed by atoms with Crippen molar-refractivity contribution in [3.05, 3.63) is 60.2 Å². The van der Waals surface area contributed by atoms with Gasteiger partial charge in [0.05, 0.1) is 0 Å². The van der Waals surface area contributed by atoms with Gasteiger partial charge in [-0.3, -0.25) is 4.90 Å². The van der Waals surface area contributed by atoms with Crippen LogP contribution in [0.15, 0.2) is 54.6 Å². The van der Waals surface area contributed by atoms with Crippen LogP contribution < -0.4 is 0 Å². The molecule has 254 valence electrons. The monoisotopic (exact) mass is 608 g/mol. The van der Waals surface area contributed by atoms with Gasteiger partial charge >= 0.3 is 0 Å². The van der Waals surface area contributed by atoms with Crippen LogP contribution in [0.1, 0.15) is 199 Å². The average molecular weight is 608 g/mol. The molecule has 0 aliphatic heterocycles. The van der Waals surface area contributed by atoms with Crippen LogP contribution >= 0.6 is 0 Å². The average Bonchev–Trinajstić information content (AvgIpc) is 3.04. The van der Waals surface area contributed by atoms with Crippen molar-refractivity contribution in [3.8, 4) is 0 Å². The SMILES string of the molecule is CCCCCCCC/C=C\CCCCCCCCN(CCCCCCCC/C=C\CCCCCCCC)Cc1ccccc1. The number of allylic oxidation sites excluding steroid dienone is 4. The number of nitrogens with zero attached hydrogens (tertiary/aromatic N) is 1. The first kappa shape index (κ1) is 40.7. The molecule has 0 saturated heterocycles. The van der Waals surface area contributed by atoms with Gasteiger partial charge in [0.2, 0.25) is 0 Å². The Kier molecular flexibility index (Phi) is 31.9. The molecule has 0 fully saturated rings. The number of benzene rings is 1. The molecule has 0 N–H and O–H groups in total. The minimum atomic E-state index is 1.12. The summed E-state index contributed by atoms with van der Waals surface area (Å²) in [4.78, 5) is 2.73. The predicted octanol–water partition coefficient (Wildman–Crippen LogP) is 14.6. The Labute approximate surface area is 277 Å². The van der Waals surface area contributed by atoms with Gasteiger partial charge in [0.1, 0.15) is 0 Å². The fourth-order valence-corrected chi connectivity index (χ4v) is 6.28. The molecule has 0 amide bonds. The third-order valence-electron chi connectivity index (χ3n) is 9.22. The van der Waals surface area contributed by atoms with Crippen LogP contribution in [0.4, 0.5) is 0 Å². The topological polar surface area (TPSA) is 3.24 Å². The maximum Gasteiger partial charge on any atom is 0.0233 e. The lowest BCUT2D eigenvalue weighted by Gasteiger charge is -2.22. The van der Waals surface area contributed by atoms with Gasteiger partial charge in [0.15, 0.2) is 0 Å². The van der Waals surface area contributed by atoms with Crippen molar-refractivity contribution in [1.82, 2.24) is 4.90 Å². The van der Waals surface area contributed by atoms with Gasteiger partial charge in [0, 0.05) is 6.54 Å². The van der Waals surface area contributed by atoms with Gasteiger partial charge in [-0.05, 0) is 82.9 Å². The van der Waals surface area contributed by atoms with Crippen LogP contribution in [-0.4, -0.2) is 18.0 Å². The first-order valence-electron chi connectivity index (χ1n) is 19.9. The van der Waals surface area contributed by atoms with E-state index in [1.807, 2.05) is 0 Å². The van der Waals surface area contributed by atoms with Crippen molar-refractivity contribution in [2.24, 2.45) is 0 Å². The van der Waals surface area contributed by atoms with E-state index in [2.05, 4.69) is 73.4 Å². The highest BCUT2D eigenvalue weighted by atomic mass is 15.1. The molecule has 1 aromatic rings. The summed E-state index contributed by atoms with van der Waals surface area (Å²) in [5.74, 6) is 0. The molecule has 1 heteroatoms. The van der Waals surface area contributed by atoms with Crippen molar-refractivity contribution in [3.63, 3.8) is 0 Å². The van der Waals surface area contributed by atoms with Crippen molar-refractivity contribution in [2.45, 2.75) is 200 Å². The summed E-state index contributed by atoms with van der Waals surface area (Å²) < 4.78 is 0. The number of unbranched alkanes of at least 4 members (excludes halogenated alkanes) is 24. The highest BCUT2D eigenvalue weighted by Crippen LogP contribution is 2.14. The number of hydrogen-bond acceptors (Lipinski definition) is 1. The van der Waals surface area contributed by atoms with Crippen LogP contribution in [0.25, 0.3) is 0 Å². The molecule has 0 aliphatic rings. The summed E-state index contributed by atoms with van der Waals surface area (Å²) in [7, 11) is 0. The highest BCUT2D eigenvalue weighted by Gasteiger charge is 2.06. The predicted molar refractivity (Wildman–Crippen MR) is 201 cm³/mol. The summed E-state index contributed by atoms with van der Waals surface area (Å²) in [5.41, 5.74) is 1.47. The Balaban J connectivity index is 2.03. The van der Waals surface area contributed by atoms with Gasteiger partial charge in [-0.1, -0.05) is 184 Å². The smallest absolute Gasteiger partial charge is 0.0233 e. The maximum atomic E-state index is 2.73. The number of hydrogen-bond donors (Lipinski definition) is 0. The molecule has 44 heavy (non-hydrogen) atoms. The molecule has 0 atom stereocenters. The van der Waals surface area contributed by atoms with Crippen LogP contribution in [0.3, 0.4) is 0 Å². The molecule has 0 spiro atoms. The molecular formula is C43H77N. The van der Waals surface area contributed by atoms with Crippen molar-refractivity contribution >= 4 is 0 Å². The van der Waals surface area contributed by atoms with Gasteiger partial charge in [-0.2, -0.15) is 0 Å². The third-order valence-corrected chi connectivity index (χ3v) is 9.22. The molecule has 0 saturated carbocycles. The van der Waals surface area contributed by atoms with E-state index in [-0.39, 0.29) is 0 Å². The zero-order valence-electron chi connectivity index (χ0n) is 30.1. The summed E-state index contributed by atoms with van der Waals surface area (Å²) in [6.45, 7) is 8.25. The summed E-state index contributed by atoms with van der Waals surface area (Å²) in [5, 5.41) is 0. The van der Waals surface area contributed by atoms with Gasteiger partial charge in [-0.15, -0.1) is 0 Å². The fraction of sp³-hybridized carbons (Fsp3) is 0.767. The Morgan fingerprint density at radius 2 is 0.705 bits per heavy atom. The molecular weight excluding hydrogens is 530 g/mol. The normalized spacial score (nSPS) is 12.0. The molecule has 0 radical (unpaired) electrons. The minimum Gasteiger partial charge on any atom is -0.299 e. The summed E-state index contributed by atoms with van der Waals surface area (Å²) >= 11 is 0. The first-order chi connectivity index (χ1) is 21.9. The molecule has 0 aliphatic carbocycles. The maximum absolute atomic E-state index is 2.73. The van der Waals surface area contributed by atoms with Crippen molar-refractivity contribution in [1.29, 1.82) is 0 Å². The van der Waals surface area contributed by atoms with Crippen LogP contribution in [0.2, 0.25) is 0 Å². The molecule has 0 aromatic heterocycles. The van der Waals surface area contributed by atoms with E-state index in [1.54, 1.807) is 0 Å². The van der Waals surface area contributed by atoms with Crippen LogP contribution in [0, 0.1) is 0 Å². The van der Waals surface area contributed by atoms with E-state index in [0.717, 1.165) is 6.54 Å². The van der Waals surface area contributed by atoms with Gasteiger partial charge in [-0.25, -0.2) is 0 Å². The highest BCUT2D eigenvalue weighted by molar-refractivity contribution is 5.14. The zero-order valence-corrected chi connectivity index (χ0v) is 30.1. The van der Waals surface area contributed by atoms with E-state index in [1.165, 1.54) is 198 Å². The lowest BCUT2D eigenvalue weighted by atomic mass is 10.1.